The molecule has 0 saturated carbocycles. The predicted octanol–water partition coefficient (Wildman–Crippen LogP) is 4.90. The summed E-state index contributed by atoms with van der Waals surface area (Å²) in [6, 6.07) is 16.0. The molecule has 146 valence electrons. The zero-order chi connectivity index (χ0) is 20.5. The van der Waals surface area contributed by atoms with Crippen LogP contribution in [0.3, 0.4) is 0 Å². The maximum absolute atomic E-state index is 6.09. The molecule has 0 aliphatic carbocycles. The van der Waals surface area contributed by atoms with E-state index < -0.39 is 0 Å². The maximum atomic E-state index is 6.09. The van der Waals surface area contributed by atoms with Crippen molar-refractivity contribution in [2.45, 2.75) is 26.2 Å². The molecule has 0 heterocycles. The largest absolute Gasteiger partial charge is 0.455 e. The molecule has 6 nitrogen and oxygen atoms in total. The smallest absolute Gasteiger partial charge is 0.150 e. The van der Waals surface area contributed by atoms with Gasteiger partial charge in [0.15, 0.2) is 0 Å². The van der Waals surface area contributed by atoms with E-state index in [1.165, 1.54) is 0 Å². The summed E-state index contributed by atoms with van der Waals surface area (Å²) >= 11 is 0. The Morgan fingerprint density at radius 3 is 1.61 bits per heavy atom. The number of hydrogen-bond donors (Lipinski definition) is 4. The normalized spacial score (nSPS) is 11.2. The number of ether oxygens (including phenoxy) is 2. The Morgan fingerprint density at radius 1 is 0.607 bits per heavy atom. The molecule has 3 aromatic carbocycles. The highest BCUT2D eigenvalue weighted by atomic mass is 16.5. The molecule has 0 amide bonds. The second-order valence-corrected chi connectivity index (χ2v) is 7.71. The molecule has 0 unspecified atom stereocenters. The third-order valence-electron chi connectivity index (χ3n) is 4.27. The second-order valence-electron chi connectivity index (χ2n) is 7.71. The van der Waals surface area contributed by atoms with E-state index in [-0.39, 0.29) is 5.41 Å². The quantitative estimate of drug-likeness (QED) is 0.479. The number of hydrogen-bond acceptors (Lipinski definition) is 6. The van der Waals surface area contributed by atoms with E-state index in [1.807, 2.05) is 18.2 Å². The van der Waals surface area contributed by atoms with Gasteiger partial charge in [-0.2, -0.15) is 0 Å². The third-order valence-corrected chi connectivity index (χ3v) is 4.27. The third kappa shape index (κ3) is 4.23. The van der Waals surface area contributed by atoms with Gasteiger partial charge in [0.2, 0.25) is 0 Å². The van der Waals surface area contributed by atoms with Gasteiger partial charge in [-0.3, -0.25) is 0 Å². The van der Waals surface area contributed by atoms with E-state index in [0.717, 1.165) is 5.56 Å². The molecule has 3 rings (SSSR count). The van der Waals surface area contributed by atoms with Gasteiger partial charge in [0, 0.05) is 16.9 Å². The Kier molecular flexibility index (Phi) is 4.96. The second kappa shape index (κ2) is 7.23. The van der Waals surface area contributed by atoms with Crippen molar-refractivity contribution in [3.8, 4) is 23.0 Å². The van der Waals surface area contributed by atoms with Crippen molar-refractivity contribution < 1.29 is 9.47 Å². The van der Waals surface area contributed by atoms with Gasteiger partial charge >= 0.3 is 0 Å². The Hall–Kier alpha value is -3.54. The first-order chi connectivity index (χ1) is 13.1. The lowest BCUT2D eigenvalue weighted by Gasteiger charge is -2.24. The van der Waals surface area contributed by atoms with Crippen LogP contribution in [0.15, 0.2) is 54.6 Å². The highest BCUT2D eigenvalue weighted by molar-refractivity contribution is 5.63. The lowest BCUT2D eigenvalue weighted by molar-refractivity contribution is 0.447. The standard InChI is InChI=1S/C22H26N4O2/c1-22(2,3)16-12-15(27-20-7-4-13(23)10-17(20)25)6-9-19(16)28-21-8-5-14(24)11-18(21)26/h4-12H,23-26H2,1-3H3. The molecule has 28 heavy (non-hydrogen) atoms. The Balaban J connectivity index is 1.96. The van der Waals surface area contributed by atoms with E-state index in [4.69, 9.17) is 32.4 Å². The molecular formula is C22H26N4O2. The van der Waals surface area contributed by atoms with Crippen LogP contribution in [0.1, 0.15) is 26.3 Å². The van der Waals surface area contributed by atoms with E-state index in [9.17, 15) is 0 Å². The SMILES string of the molecule is CC(C)(C)c1cc(Oc2ccc(N)cc2N)ccc1Oc1ccc(N)cc1N. The highest BCUT2D eigenvalue weighted by Gasteiger charge is 2.21. The van der Waals surface area contributed by atoms with Crippen LogP contribution in [0, 0.1) is 0 Å². The first kappa shape index (κ1) is 19.2. The first-order valence-corrected chi connectivity index (χ1v) is 8.94. The van der Waals surface area contributed by atoms with Crippen molar-refractivity contribution in [2.24, 2.45) is 0 Å². The van der Waals surface area contributed by atoms with E-state index in [2.05, 4.69) is 20.8 Å². The zero-order valence-corrected chi connectivity index (χ0v) is 16.3. The summed E-state index contributed by atoms with van der Waals surface area (Å²) in [4.78, 5) is 0. The van der Waals surface area contributed by atoms with Gasteiger partial charge < -0.3 is 32.4 Å². The predicted molar refractivity (Wildman–Crippen MR) is 116 cm³/mol. The van der Waals surface area contributed by atoms with E-state index in [1.54, 1.807) is 36.4 Å². The summed E-state index contributed by atoms with van der Waals surface area (Å²) in [5.41, 5.74) is 26.5. The monoisotopic (exact) mass is 378 g/mol. The van der Waals surface area contributed by atoms with Crippen molar-refractivity contribution in [1.29, 1.82) is 0 Å². The van der Waals surface area contributed by atoms with Gasteiger partial charge in [0.1, 0.15) is 23.0 Å². The Morgan fingerprint density at radius 2 is 1.11 bits per heavy atom. The molecule has 0 bridgehead atoms. The minimum atomic E-state index is -0.191. The van der Waals surface area contributed by atoms with Crippen molar-refractivity contribution >= 4 is 22.7 Å². The van der Waals surface area contributed by atoms with Gasteiger partial charge in [-0.25, -0.2) is 0 Å². The average molecular weight is 378 g/mol. The van der Waals surface area contributed by atoms with Crippen LogP contribution >= 0.6 is 0 Å². The van der Waals surface area contributed by atoms with Gasteiger partial charge in [-0.05, 0) is 60.0 Å². The molecule has 0 aliphatic rings. The maximum Gasteiger partial charge on any atom is 0.150 e. The molecule has 0 spiro atoms. The van der Waals surface area contributed by atoms with Crippen LogP contribution in [-0.2, 0) is 5.41 Å². The van der Waals surface area contributed by atoms with Crippen LogP contribution in [-0.4, -0.2) is 0 Å². The molecule has 0 atom stereocenters. The van der Waals surface area contributed by atoms with Crippen LogP contribution in [0.5, 0.6) is 23.0 Å². The first-order valence-electron chi connectivity index (χ1n) is 8.94. The summed E-state index contributed by atoms with van der Waals surface area (Å²) in [5.74, 6) is 2.45. The van der Waals surface area contributed by atoms with E-state index >= 15 is 0 Å². The van der Waals surface area contributed by atoms with Gasteiger partial charge in [-0.1, -0.05) is 20.8 Å². The minimum absolute atomic E-state index is 0.191. The van der Waals surface area contributed by atoms with Crippen LogP contribution in [0.4, 0.5) is 22.7 Å². The highest BCUT2D eigenvalue weighted by Crippen LogP contribution is 2.40. The number of nitrogen functional groups attached to an aromatic ring is 4. The summed E-state index contributed by atoms with van der Waals surface area (Å²) in [7, 11) is 0. The fourth-order valence-corrected chi connectivity index (χ4v) is 2.81. The lowest BCUT2D eigenvalue weighted by atomic mass is 9.86. The molecule has 3 aromatic rings. The molecular weight excluding hydrogens is 352 g/mol. The number of rotatable bonds is 4. The molecule has 8 N–H and O–H groups in total. The summed E-state index contributed by atoms with van der Waals surface area (Å²) in [6.45, 7) is 6.30. The fraction of sp³-hybridized carbons (Fsp3) is 0.182. The Bertz CT molecular complexity index is 1010. The molecule has 0 aliphatic heterocycles. The van der Waals surface area contributed by atoms with Gasteiger partial charge in [0.05, 0.1) is 11.4 Å². The summed E-state index contributed by atoms with van der Waals surface area (Å²) in [5, 5.41) is 0. The molecule has 0 saturated heterocycles. The minimum Gasteiger partial charge on any atom is -0.455 e. The molecule has 6 heteroatoms. The summed E-state index contributed by atoms with van der Waals surface area (Å²) in [6.07, 6.45) is 0. The lowest BCUT2D eigenvalue weighted by Crippen LogP contribution is -2.13. The van der Waals surface area contributed by atoms with E-state index in [0.29, 0.717) is 45.7 Å². The molecule has 0 radical (unpaired) electrons. The fourth-order valence-electron chi connectivity index (χ4n) is 2.81. The molecule has 0 fully saturated rings. The average Bonchev–Trinajstić information content (AvgIpc) is 2.60. The van der Waals surface area contributed by atoms with Crippen LogP contribution in [0.25, 0.3) is 0 Å². The van der Waals surface area contributed by atoms with Crippen molar-refractivity contribution in [1.82, 2.24) is 0 Å². The van der Waals surface area contributed by atoms with Crippen LogP contribution < -0.4 is 32.4 Å². The number of nitrogens with two attached hydrogens (primary N) is 4. The van der Waals surface area contributed by atoms with Crippen molar-refractivity contribution in [3.05, 3.63) is 60.2 Å². The zero-order valence-electron chi connectivity index (χ0n) is 16.3. The number of benzene rings is 3. The van der Waals surface area contributed by atoms with Crippen molar-refractivity contribution in [3.63, 3.8) is 0 Å². The topological polar surface area (TPSA) is 123 Å². The van der Waals surface area contributed by atoms with Crippen molar-refractivity contribution in [2.75, 3.05) is 22.9 Å². The Labute approximate surface area is 165 Å². The van der Waals surface area contributed by atoms with Crippen LogP contribution in [0.2, 0.25) is 0 Å². The van der Waals surface area contributed by atoms with Gasteiger partial charge in [-0.15, -0.1) is 0 Å². The summed E-state index contributed by atoms with van der Waals surface area (Å²) < 4.78 is 12.1. The molecule has 0 aromatic heterocycles. The van der Waals surface area contributed by atoms with Gasteiger partial charge in [0.25, 0.3) is 0 Å². The number of anilines is 4.